The smallest absolute Gasteiger partial charge is 0.410 e. The monoisotopic (exact) mass is 1610 g/mol. The van der Waals surface area contributed by atoms with Crippen LogP contribution in [0.2, 0.25) is 0 Å². The van der Waals surface area contributed by atoms with Crippen molar-refractivity contribution in [2.75, 3.05) is 54.5 Å². The number of hydrogen-bond donors (Lipinski definition) is 10. The molecule has 7 aromatic rings. The number of anilines is 3. The fourth-order valence-corrected chi connectivity index (χ4v) is 19.7. The van der Waals surface area contributed by atoms with Gasteiger partial charge in [-0.2, -0.15) is 5.10 Å². The van der Waals surface area contributed by atoms with Gasteiger partial charge in [0.15, 0.2) is 10.8 Å². The molecule has 14 rings (SSSR count). The van der Waals surface area contributed by atoms with Crippen LogP contribution in [0.25, 0.3) is 21.3 Å². The standard InChI is InChI=1S/C84H101N13O18S/c1-49(2)68(91-65(99)18-7-6-10-33-95-66(100)29-30-67(95)101)75(107)97(61(73(85)105)16-12-32-87-78(86)110)54-23-19-52(20-24-54)41-112-80(111)94(38-51-21-25-55(26-22-51)114-77-72(104)71(103)70(102)62(40-98)115-77)35-36-113-84-45-81(4)42-82(5,46-84)44-83(43-81,47-84)48-96-50(3)58(37-88-96)56-27-28-64(90-69(56)76(108)109)93-34-31-53-13-11-14-57(59(53)39-93)74(106)92-79-89-60-15-8-9-17-63(60)116-79/h8-9,11,13-15,17,19-30,37,49,61-62,68,70-72,77,98,102-104H,6-7,10,12,16,18,31-36,38-48H2,1-5H3,(H2,85,105)(H,91,99)(H,108,109)(H3,86,87,110)(H,89,92,106)/t61-,62+,68-,70+,71+,72+,77+,81?,82?,83?,84?/m0/s1. The van der Waals surface area contributed by atoms with Gasteiger partial charge in [0.25, 0.3) is 23.6 Å². The van der Waals surface area contributed by atoms with Gasteiger partial charge in [-0.15, -0.1) is 0 Å². The summed E-state index contributed by atoms with van der Waals surface area (Å²) in [5.74, 6) is -4.04. The third-order valence-corrected chi connectivity index (χ3v) is 24.2. The molecule has 0 spiro atoms. The number of ether oxygens (including phenoxy) is 4. The van der Waals surface area contributed by atoms with E-state index in [2.05, 4.69) is 34.8 Å². The number of rotatable bonds is 34. The van der Waals surface area contributed by atoms with E-state index in [1.807, 2.05) is 59.0 Å². The van der Waals surface area contributed by atoms with Crippen molar-refractivity contribution >= 4 is 91.7 Å². The minimum atomic E-state index is -1.67. The lowest BCUT2D eigenvalue weighted by atomic mass is 9.39. The van der Waals surface area contributed by atoms with Crippen LogP contribution in [-0.4, -0.2) is 196 Å². The number of urea groups is 1. The van der Waals surface area contributed by atoms with Crippen LogP contribution in [0.4, 0.5) is 26.2 Å². The zero-order chi connectivity index (χ0) is 82.5. The van der Waals surface area contributed by atoms with Crippen LogP contribution in [0.15, 0.2) is 121 Å². The van der Waals surface area contributed by atoms with Crippen molar-refractivity contribution in [2.24, 2.45) is 33.6 Å². The van der Waals surface area contributed by atoms with Gasteiger partial charge in [-0.25, -0.2) is 24.4 Å². The van der Waals surface area contributed by atoms with Crippen molar-refractivity contribution in [1.82, 2.24) is 40.2 Å². The Hall–Kier alpha value is -10.7. The lowest BCUT2D eigenvalue weighted by Crippen LogP contribution is -2.64. The number of pyridine rings is 1. The lowest BCUT2D eigenvalue weighted by molar-refractivity contribution is -0.277. The van der Waals surface area contributed by atoms with Crippen LogP contribution >= 0.6 is 11.3 Å². The van der Waals surface area contributed by atoms with Gasteiger partial charge < -0.3 is 76.4 Å². The fourth-order valence-electron chi connectivity index (χ4n) is 18.9. The predicted molar refractivity (Wildman–Crippen MR) is 427 cm³/mol. The van der Waals surface area contributed by atoms with E-state index in [0.717, 1.165) is 64.0 Å². The second-order valence-corrected chi connectivity index (χ2v) is 33.9. The molecule has 4 aromatic carbocycles. The number of nitrogens with two attached hydrogens (primary N) is 2. The number of carbonyl (C=O) groups excluding carboxylic acids is 8. The summed E-state index contributed by atoms with van der Waals surface area (Å²) < 4.78 is 27.8. The van der Waals surface area contributed by atoms with E-state index in [0.29, 0.717) is 90.5 Å². The molecule has 116 heavy (non-hydrogen) atoms. The molecule has 6 heterocycles. The van der Waals surface area contributed by atoms with Crippen LogP contribution in [0, 0.1) is 29.1 Å². The maximum Gasteiger partial charge on any atom is 0.410 e. The number of amides is 9. The van der Waals surface area contributed by atoms with E-state index < -0.39 is 109 Å². The van der Waals surface area contributed by atoms with Gasteiger partial charge in [-0.1, -0.05) is 94.0 Å². The Morgan fingerprint density at radius 3 is 2.21 bits per heavy atom. The predicted octanol–water partition coefficient (Wildman–Crippen LogP) is 7.79. The molecule has 9 atom stereocenters. The Morgan fingerprint density at radius 2 is 1.52 bits per heavy atom. The molecule has 1 saturated heterocycles. The summed E-state index contributed by atoms with van der Waals surface area (Å²) in [6, 6.07) is 26.7. The number of carboxylic acids is 1. The lowest BCUT2D eigenvalue weighted by Gasteiger charge is -2.69. The molecular formula is C84H101N13O18S. The number of aliphatic hydroxyl groups is 4. The van der Waals surface area contributed by atoms with E-state index in [1.54, 1.807) is 80.7 Å². The maximum absolute atomic E-state index is 15.0. The normalized spacial score (nSPS) is 23.8. The van der Waals surface area contributed by atoms with Crippen LogP contribution in [0.3, 0.4) is 0 Å². The number of para-hydroxylation sites is 1. The van der Waals surface area contributed by atoms with E-state index in [9.17, 15) is 68.7 Å². The maximum atomic E-state index is 15.0. The van der Waals surface area contributed by atoms with Crippen LogP contribution in [-0.2, 0) is 70.8 Å². The highest BCUT2D eigenvalue weighted by atomic mass is 32.1. The second-order valence-electron chi connectivity index (χ2n) is 32.9. The molecule has 32 heteroatoms. The Kier molecular flexibility index (Phi) is 25.1. The summed E-state index contributed by atoms with van der Waals surface area (Å²) in [5, 5.41) is 66.1. The molecular weight excluding hydrogens is 1510 g/mol. The number of thiazole rings is 1. The quantitative estimate of drug-likeness (QED) is 0.0136. The van der Waals surface area contributed by atoms with Crippen LogP contribution in [0.1, 0.15) is 154 Å². The molecule has 4 aliphatic carbocycles. The van der Waals surface area contributed by atoms with Gasteiger partial charge in [0.2, 0.25) is 18.1 Å². The van der Waals surface area contributed by atoms with Crippen molar-refractivity contribution < 1.29 is 87.6 Å². The van der Waals surface area contributed by atoms with E-state index in [-0.39, 0.29) is 97.9 Å². The third kappa shape index (κ3) is 18.7. The largest absolute Gasteiger partial charge is 0.476 e. The molecule has 12 N–H and O–H groups in total. The first-order valence-corrected chi connectivity index (χ1v) is 40.2. The number of carboxylic acid groups (broad SMARTS) is 1. The zero-order valence-electron chi connectivity index (χ0n) is 65.6. The molecule has 3 aromatic heterocycles. The van der Waals surface area contributed by atoms with Gasteiger partial charge in [0, 0.05) is 92.5 Å². The average molecular weight is 1610 g/mol. The highest BCUT2D eigenvalue weighted by Crippen LogP contribution is 2.72. The van der Waals surface area contributed by atoms with Crippen molar-refractivity contribution in [1.29, 1.82) is 0 Å². The number of primary amides is 2. The molecule has 0 radical (unpaired) electrons. The number of aromatic nitrogens is 4. The molecule has 31 nitrogen and oxygen atoms in total. The third-order valence-electron chi connectivity index (χ3n) is 23.2. The average Bonchev–Trinajstić information content (AvgIpc) is 0.815. The number of benzene rings is 4. The summed E-state index contributed by atoms with van der Waals surface area (Å²) in [7, 11) is 0. The molecule has 9 amide bonds. The Morgan fingerprint density at radius 1 is 0.793 bits per heavy atom. The number of fused-ring (bicyclic) bond motifs is 2. The van der Waals surface area contributed by atoms with Crippen molar-refractivity contribution in [3.8, 4) is 16.9 Å². The highest BCUT2D eigenvalue weighted by molar-refractivity contribution is 7.22. The molecule has 5 fully saturated rings. The molecule has 7 aliphatic rings. The highest BCUT2D eigenvalue weighted by Gasteiger charge is 2.66. The zero-order valence-corrected chi connectivity index (χ0v) is 66.4. The molecule has 3 aliphatic heterocycles. The Balaban J connectivity index is 0.701. The summed E-state index contributed by atoms with van der Waals surface area (Å²) in [6.45, 7) is 11.0. The summed E-state index contributed by atoms with van der Waals surface area (Å²) in [5.41, 5.74) is 16.4. The number of hydrogen-bond acceptors (Lipinski definition) is 22. The number of carbonyl (C=O) groups is 9. The summed E-state index contributed by atoms with van der Waals surface area (Å²) >= 11 is 1.40. The number of nitrogens with one attached hydrogen (secondary N) is 3. The first kappa shape index (κ1) is 83.2. The van der Waals surface area contributed by atoms with Gasteiger partial charge in [-0.05, 0) is 177 Å². The van der Waals surface area contributed by atoms with Crippen molar-refractivity contribution in [3.63, 3.8) is 0 Å². The van der Waals surface area contributed by atoms with Crippen molar-refractivity contribution in [2.45, 2.75) is 193 Å². The summed E-state index contributed by atoms with van der Waals surface area (Å²) in [6.07, 6.45) is 3.03. The number of aliphatic hydroxyl groups excluding tert-OH is 4. The number of imide groups is 1. The van der Waals surface area contributed by atoms with E-state index in [4.69, 9.17) is 40.5 Å². The van der Waals surface area contributed by atoms with Gasteiger partial charge in [0.1, 0.15) is 54.7 Å². The first-order valence-electron chi connectivity index (χ1n) is 39.4. The Bertz CT molecular complexity index is 4810. The van der Waals surface area contributed by atoms with Gasteiger partial charge in [-0.3, -0.25) is 48.6 Å². The second kappa shape index (κ2) is 35.0. The van der Waals surface area contributed by atoms with Crippen LogP contribution in [0.5, 0.6) is 5.75 Å². The molecule has 2 unspecified atom stereocenters. The summed E-state index contributed by atoms with van der Waals surface area (Å²) in [4.78, 5) is 135. The minimum absolute atomic E-state index is 0.00637. The number of unbranched alkanes of at least 4 members (excludes halogenated alkanes) is 2. The number of aromatic carboxylic acids is 1. The molecule has 616 valence electrons. The minimum Gasteiger partial charge on any atom is -0.476 e. The topological polar surface area (TPSA) is 436 Å². The van der Waals surface area contributed by atoms with Gasteiger partial charge in [0.05, 0.1) is 35.2 Å². The van der Waals surface area contributed by atoms with Crippen LogP contribution < -0.4 is 42.0 Å². The first-order chi connectivity index (χ1) is 55.4. The van der Waals surface area contributed by atoms with Crippen molar-refractivity contribution in [3.05, 3.63) is 161 Å². The number of nitrogens with zero attached hydrogens (tertiary/aromatic N) is 8. The van der Waals surface area contributed by atoms with E-state index >= 15 is 0 Å². The Labute approximate surface area is 674 Å². The fraction of sp³-hybridized carbons (Fsp3) is 0.476. The molecule has 4 saturated carbocycles. The van der Waals surface area contributed by atoms with Gasteiger partial charge >= 0.3 is 18.1 Å². The van der Waals surface area contributed by atoms with E-state index in [1.165, 1.54) is 33.3 Å². The SMILES string of the molecule is Cc1c(-c2ccc(N3CCc4cccc(C(=O)Nc5nc6ccccc6s5)c4C3)nc2C(=O)O)cnn1CC12CC3(C)CC(C)(C1)CC(OCCN(Cc1ccc(O[C@@H]4O[C@H](CO)[C@@H](O)[C@@H](O)[C@H]4O)cc1)C(=O)OCc1ccc(N(C(=O)[C@@H](NC(=O)CCCCCN4C(=O)C=CC4=O)C(C)C)[C@@H](CCCNC(N)=O)C(N)=O)cc1)(C3)C2. The molecule has 4 bridgehead atoms.